The van der Waals surface area contributed by atoms with Crippen molar-refractivity contribution in [1.29, 1.82) is 0 Å². The number of carbonyl (C=O) groups excluding carboxylic acids is 3. The van der Waals surface area contributed by atoms with Gasteiger partial charge in [0.15, 0.2) is 5.13 Å². The Labute approximate surface area is 240 Å². The lowest BCUT2D eigenvalue weighted by atomic mass is 9.95. The molecule has 0 radical (unpaired) electrons. The zero-order valence-electron chi connectivity index (χ0n) is 22.5. The molecule has 1 aromatic heterocycles. The second-order valence-electron chi connectivity index (χ2n) is 9.15. The third-order valence-electron chi connectivity index (χ3n) is 6.59. The standard InChI is InChI=1S/C31H26N2O7S/c1-18-28(30(37)39-3)41-31(32-18)33-25(20-12-14-22(15-13-20)40-17-19-8-5-4-6-9-19)24(27(35)29(33)36)26(34)21-10-7-11-23(16-21)38-2/h4-16,25,34H,17H2,1-3H3/b26-24+. The summed E-state index contributed by atoms with van der Waals surface area (Å²) in [5.74, 6) is -1.67. The number of hydrogen-bond donors (Lipinski definition) is 1. The number of thiazole rings is 1. The number of esters is 1. The van der Waals surface area contributed by atoms with Gasteiger partial charge >= 0.3 is 11.9 Å². The van der Waals surface area contributed by atoms with Crippen molar-refractivity contribution < 1.29 is 33.7 Å². The molecule has 4 aromatic rings. The molecule has 1 aliphatic rings. The summed E-state index contributed by atoms with van der Waals surface area (Å²) in [5.41, 5.74) is 2.08. The molecule has 0 bridgehead atoms. The number of carbonyl (C=O) groups is 3. The van der Waals surface area contributed by atoms with Gasteiger partial charge in [0.2, 0.25) is 0 Å². The van der Waals surface area contributed by atoms with Crippen LogP contribution in [0.25, 0.3) is 5.76 Å². The van der Waals surface area contributed by atoms with Crippen LogP contribution in [0.15, 0.2) is 84.4 Å². The van der Waals surface area contributed by atoms with Gasteiger partial charge in [0.05, 0.1) is 31.5 Å². The van der Waals surface area contributed by atoms with Crippen LogP contribution in [0.3, 0.4) is 0 Å². The zero-order chi connectivity index (χ0) is 29.1. The van der Waals surface area contributed by atoms with Crippen LogP contribution < -0.4 is 14.4 Å². The number of nitrogens with zero attached hydrogens (tertiary/aromatic N) is 2. The van der Waals surface area contributed by atoms with Crippen molar-refractivity contribution >= 4 is 39.9 Å². The first-order valence-corrected chi connectivity index (χ1v) is 13.4. The summed E-state index contributed by atoms with van der Waals surface area (Å²) < 4.78 is 16.0. The number of benzene rings is 3. The van der Waals surface area contributed by atoms with Crippen LogP contribution >= 0.6 is 11.3 Å². The number of hydrogen-bond acceptors (Lipinski definition) is 9. The molecular weight excluding hydrogens is 544 g/mol. The Morgan fingerprint density at radius 1 is 0.976 bits per heavy atom. The van der Waals surface area contributed by atoms with Crippen molar-refractivity contribution in [3.8, 4) is 11.5 Å². The van der Waals surface area contributed by atoms with Crippen molar-refractivity contribution in [1.82, 2.24) is 4.98 Å². The highest BCUT2D eigenvalue weighted by Crippen LogP contribution is 2.44. The first-order chi connectivity index (χ1) is 19.8. The van der Waals surface area contributed by atoms with E-state index in [9.17, 15) is 19.5 Å². The van der Waals surface area contributed by atoms with E-state index in [0.29, 0.717) is 34.9 Å². The first kappa shape index (κ1) is 27.6. The van der Waals surface area contributed by atoms with Crippen molar-refractivity contribution in [3.05, 3.63) is 112 Å². The maximum absolute atomic E-state index is 13.5. The van der Waals surface area contributed by atoms with Crippen LogP contribution in [0, 0.1) is 6.92 Å². The first-order valence-electron chi connectivity index (χ1n) is 12.6. The molecule has 3 aromatic carbocycles. The Hall–Kier alpha value is -4.96. The largest absolute Gasteiger partial charge is 0.507 e. The molecule has 0 aliphatic carbocycles. The molecule has 1 saturated heterocycles. The minimum Gasteiger partial charge on any atom is -0.507 e. The summed E-state index contributed by atoms with van der Waals surface area (Å²) >= 11 is 0.936. The second kappa shape index (κ2) is 11.6. The Kier molecular flexibility index (Phi) is 7.84. The molecule has 41 heavy (non-hydrogen) atoms. The molecule has 1 fully saturated rings. The smallest absolute Gasteiger partial charge is 0.350 e. The maximum Gasteiger partial charge on any atom is 0.350 e. The van der Waals surface area contributed by atoms with Crippen LogP contribution in [0.4, 0.5) is 5.13 Å². The third kappa shape index (κ3) is 5.42. The van der Waals surface area contributed by atoms with Gasteiger partial charge in [0.1, 0.15) is 28.7 Å². The van der Waals surface area contributed by atoms with Gasteiger partial charge in [-0.1, -0.05) is 65.9 Å². The number of aliphatic hydroxyl groups is 1. The third-order valence-corrected chi connectivity index (χ3v) is 7.73. The Bertz CT molecular complexity index is 1640. The molecule has 9 nitrogen and oxygen atoms in total. The lowest BCUT2D eigenvalue weighted by molar-refractivity contribution is -0.132. The number of aromatic nitrogens is 1. The van der Waals surface area contributed by atoms with E-state index in [4.69, 9.17) is 14.2 Å². The van der Waals surface area contributed by atoms with Crippen LogP contribution in [-0.2, 0) is 20.9 Å². The molecule has 5 rings (SSSR count). The van der Waals surface area contributed by atoms with Crippen LogP contribution in [0.1, 0.15) is 38.1 Å². The van der Waals surface area contributed by atoms with Crippen molar-refractivity contribution in [2.75, 3.05) is 19.1 Å². The number of Topliss-reactive ketones (excluding diaryl/α,β-unsaturated/α-hetero) is 1. The van der Waals surface area contributed by atoms with E-state index in [1.165, 1.54) is 19.1 Å². The van der Waals surface area contributed by atoms with Gasteiger partial charge in [-0.2, -0.15) is 0 Å². The monoisotopic (exact) mass is 570 g/mol. The van der Waals surface area contributed by atoms with E-state index in [2.05, 4.69) is 4.98 Å². The molecule has 1 unspecified atom stereocenters. The van der Waals surface area contributed by atoms with E-state index >= 15 is 0 Å². The second-order valence-corrected chi connectivity index (χ2v) is 10.1. The van der Waals surface area contributed by atoms with Gasteiger partial charge < -0.3 is 19.3 Å². The van der Waals surface area contributed by atoms with Gasteiger partial charge in [-0.05, 0) is 42.3 Å². The lowest BCUT2D eigenvalue weighted by Crippen LogP contribution is -2.29. The highest BCUT2D eigenvalue weighted by atomic mass is 32.1. The minimum absolute atomic E-state index is 0.117. The highest BCUT2D eigenvalue weighted by molar-refractivity contribution is 7.17. The molecule has 0 spiro atoms. The number of aryl methyl sites for hydroxylation is 1. The average molecular weight is 571 g/mol. The van der Waals surface area contributed by atoms with Crippen LogP contribution in [0.2, 0.25) is 0 Å². The molecule has 1 atom stereocenters. The molecule has 2 heterocycles. The maximum atomic E-state index is 13.5. The predicted molar refractivity (Wildman–Crippen MR) is 153 cm³/mol. The van der Waals surface area contributed by atoms with Gasteiger partial charge in [-0.15, -0.1) is 0 Å². The van der Waals surface area contributed by atoms with Gasteiger partial charge in [0, 0.05) is 5.56 Å². The van der Waals surface area contributed by atoms with Crippen molar-refractivity contribution in [2.45, 2.75) is 19.6 Å². The summed E-state index contributed by atoms with van der Waals surface area (Å²) in [6, 6.07) is 22.2. The Morgan fingerprint density at radius 3 is 2.39 bits per heavy atom. The Morgan fingerprint density at radius 2 is 1.71 bits per heavy atom. The number of ether oxygens (including phenoxy) is 3. The number of rotatable bonds is 8. The van der Waals surface area contributed by atoms with Crippen LogP contribution in [-0.4, -0.2) is 42.0 Å². The molecular formula is C31H26N2O7S. The summed E-state index contributed by atoms with van der Waals surface area (Å²) in [6.45, 7) is 1.98. The van der Waals surface area contributed by atoms with Crippen molar-refractivity contribution in [3.63, 3.8) is 0 Å². The molecule has 0 saturated carbocycles. The molecule has 10 heteroatoms. The summed E-state index contributed by atoms with van der Waals surface area (Å²) in [5, 5.41) is 11.5. The summed E-state index contributed by atoms with van der Waals surface area (Å²) in [6.07, 6.45) is 0. The number of methoxy groups -OCH3 is 2. The fraction of sp³-hybridized carbons (Fsp3) is 0.161. The zero-order valence-corrected chi connectivity index (χ0v) is 23.3. The number of ketones is 1. The molecule has 208 valence electrons. The SMILES string of the molecule is COC(=O)c1sc(N2C(=O)C(=O)/C(=C(/O)c3cccc(OC)c3)C2c2ccc(OCc3ccccc3)cc2)nc1C. The summed E-state index contributed by atoms with van der Waals surface area (Å²) in [7, 11) is 2.74. The van der Waals surface area contributed by atoms with Gasteiger partial charge in [-0.3, -0.25) is 14.5 Å². The molecule has 1 N–H and O–H groups in total. The van der Waals surface area contributed by atoms with E-state index in [1.54, 1.807) is 55.5 Å². The minimum atomic E-state index is -1.03. The van der Waals surface area contributed by atoms with E-state index in [1.807, 2.05) is 30.3 Å². The van der Waals surface area contributed by atoms with E-state index in [0.717, 1.165) is 16.9 Å². The highest BCUT2D eigenvalue weighted by Gasteiger charge is 2.48. The van der Waals surface area contributed by atoms with E-state index in [-0.39, 0.29) is 21.3 Å². The van der Waals surface area contributed by atoms with E-state index < -0.39 is 23.7 Å². The fourth-order valence-electron chi connectivity index (χ4n) is 4.53. The topological polar surface area (TPSA) is 115 Å². The lowest BCUT2D eigenvalue weighted by Gasteiger charge is -2.23. The normalized spacial score (nSPS) is 16.1. The molecule has 1 amide bonds. The van der Waals surface area contributed by atoms with Gasteiger partial charge in [-0.25, -0.2) is 9.78 Å². The Balaban J connectivity index is 1.59. The van der Waals surface area contributed by atoms with Gasteiger partial charge in [0.25, 0.3) is 5.78 Å². The number of anilines is 1. The number of aliphatic hydroxyl groups excluding tert-OH is 1. The fourth-order valence-corrected chi connectivity index (χ4v) is 5.54. The quantitative estimate of drug-likeness (QED) is 0.129. The number of amides is 1. The van der Waals surface area contributed by atoms with Crippen LogP contribution in [0.5, 0.6) is 11.5 Å². The predicted octanol–water partition coefficient (Wildman–Crippen LogP) is 5.45. The average Bonchev–Trinajstić information content (AvgIpc) is 3.52. The van der Waals surface area contributed by atoms with Crippen molar-refractivity contribution in [2.24, 2.45) is 0 Å². The summed E-state index contributed by atoms with van der Waals surface area (Å²) in [4.78, 5) is 45.1. The molecule has 1 aliphatic heterocycles.